The highest BCUT2D eigenvalue weighted by molar-refractivity contribution is 6.06. The Balaban J connectivity index is 1.83. The fraction of sp³-hybridized carbons (Fsp3) is 0.448. The van der Waals surface area contributed by atoms with Crippen LogP contribution in [0.25, 0.3) is 21.9 Å². The molecule has 0 aliphatic heterocycles. The van der Waals surface area contributed by atoms with E-state index in [9.17, 15) is 0 Å². The summed E-state index contributed by atoms with van der Waals surface area (Å²) in [6.07, 6.45) is 3.86. The van der Waals surface area contributed by atoms with Gasteiger partial charge in [0.25, 0.3) is 0 Å². The van der Waals surface area contributed by atoms with E-state index in [1.165, 1.54) is 11.1 Å². The molecule has 6 heteroatoms. The number of ether oxygens (including phenoxy) is 1. The molecular formula is C29H39N5O. The summed E-state index contributed by atoms with van der Waals surface area (Å²) < 4.78 is 8.57. The fourth-order valence-electron chi connectivity index (χ4n) is 4.87. The van der Waals surface area contributed by atoms with Gasteiger partial charge in [-0.1, -0.05) is 62.7 Å². The van der Waals surface area contributed by atoms with Crippen LogP contribution in [0, 0.1) is 0 Å². The Labute approximate surface area is 208 Å². The Kier molecular flexibility index (Phi) is 7.72. The van der Waals surface area contributed by atoms with Crippen molar-refractivity contribution in [2.24, 2.45) is 5.73 Å². The summed E-state index contributed by atoms with van der Waals surface area (Å²) in [5.74, 6) is 1.83. The van der Waals surface area contributed by atoms with Crippen molar-refractivity contribution in [1.29, 1.82) is 0 Å². The van der Waals surface area contributed by atoms with Crippen LogP contribution >= 0.6 is 0 Å². The predicted molar refractivity (Wildman–Crippen MR) is 146 cm³/mol. The molecule has 6 nitrogen and oxygen atoms in total. The van der Waals surface area contributed by atoms with E-state index in [1.807, 2.05) is 6.07 Å². The summed E-state index contributed by atoms with van der Waals surface area (Å²) in [5, 5.41) is 1.08. The highest BCUT2D eigenvalue weighted by atomic mass is 16.5. The number of benzene rings is 2. The minimum atomic E-state index is -0.374. The van der Waals surface area contributed by atoms with Crippen LogP contribution in [0.1, 0.15) is 69.8 Å². The SMILES string of the molecule is CCCC(C)c1nc2c(N)nc3cc(Cc4ccccc4)ccc3c2n1CC(C)(C)OCCCN. The van der Waals surface area contributed by atoms with Crippen LogP contribution in [0.15, 0.2) is 48.5 Å². The Morgan fingerprint density at radius 1 is 1.06 bits per heavy atom. The van der Waals surface area contributed by atoms with Gasteiger partial charge in [0.2, 0.25) is 0 Å². The van der Waals surface area contributed by atoms with E-state index < -0.39 is 0 Å². The maximum atomic E-state index is 6.51. The lowest BCUT2D eigenvalue weighted by Gasteiger charge is -2.28. The molecule has 0 amide bonds. The van der Waals surface area contributed by atoms with Gasteiger partial charge in [-0.3, -0.25) is 0 Å². The quantitative estimate of drug-likeness (QED) is 0.268. The first-order valence-corrected chi connectivity index (χ1v) is 12.8. The Bertz CT molecular complexity index is 1280. The molecule has 2 aromatic heterocycles. The first-order valence-electron chi connectivity index (χ1n) is 12.8. The number of anilines is 1. The predicted octanol–water partition coefficient (Wildman–Crippen LogP) is 5.81. The molecule has 0 radical (unpaired) electrons. The van der Waals surface area contributed by atoms with Gasteiger partial charge in [-0.05, 0) is 56.8 Å². The van der Waals surface area contributed by atoms with E-state index in [4.69, 9.17) is 26.2 Å². The molecule has 1 atom stereocenters. The molecule has 1 unspecified atom stereocenters. The highest BCUT2D eigenvalue weighted by Crippen LogP contribution is 2.34. The number of rotatable bonds is 11. The van der Waals surface area contributed by atoms with Gasteiger partial charge in [0, 0.05) is 17.9 Å². The number of nitrogen functional groups attached to an aromatic ring is 1. The number of nitrogens with two attached hydrogens (primary N) is 2. The van der Waals surface area contributed by atoms with Crippen LogP contribution in [0.3, 0.4) is 0 Å². The van der Waals surface area contributed by atoms with Crippen molar-refractivity contribution in [1.82, 2.24) is 14.5 Å². The van der Waals surface area contributed by atoms with Gasteiger partial charge < -0.3 is 20.8 Å². The topological polar surface area (TPSA) is 92.0 Å². The second-order valence-electron chi connectivity index (χ2n) is 10.2. The zero-order valence-corrected chi connectivity index (χ0v) is 21.6. The summed E-state index contributed by atoms with van der Waals surface area (Å²) in [7, 11) is 0. The number of hydrogen-bond acceptors (Lipinski definition) is 5. The molecule has 4 N–H and O–H groups in total. The number of nitrogens with zero attached hydrogens (tertiary/aromatic N) is 3. The molecule has 2 heterocycles. The Morgan fingerprint density at radius 3 is 2.54 bits per heavy atom. The van der Waals surface area contributed by atoms with Gasteiger partial charge in [0.05, 0.1) is 23.2 Å². The van der Waals surface area contributed by atoms with Crippen molar-refractivity contribution in [2.45, 2.75) is 71.4 Å². The molecule has 2 aromatic carbocycles. The van der Waals surface area contributed by atoms with Gasteiger partial charge in [-0.15, -0.1) is 0 Å². The molecule has 0 aliphatic carbocycles. The molecule has 0 fully saturated rings. The van der Waals surface area contributed by atoms with Gasteiger partial charge in [-0.25, -0.2) is 9.97 Å². The third-order valence-corrected chi connectivity index (χ3v) is 6.59. The van der Waals surface area contributed by atoms with Crippen LogP contribution in [0.2, 0.25) is 0 Å². The standard InChI is InChI=1S/C29H39N5O/c1-5-10-20(2)28-33-25-26(34(28)19-29(3,4)35-16-9-15-30)23-14-13-22(18-24(23)32-27(25)31)17-21-11-7-6-8-12-21/h6-8,11-14,18,20H,5,9-10,15-17,19,30H2,1-4H3,(H2,31,32). The number of pyridine rings is 1. The van der Waals surface area contributed by atoms with Gasteiger partial charge in [0.1, 0.15) is 11.3 Å². The van der Waals surface area contributed by atoms with Gasteiger partial charge in [0.15, 0.2) is 5.82 Å². The van der Waals surface area contributed by atoms with Crippen molar-refractivity contribution in [2.75, 3.05) is 18.9 Å². The maximum Gasteiger partial charge on any atom is 0.152 e. The fourth-order valence-corrected chi connectivity index (χ4v) is 4.87. The normalized spacial score (nSPS) is 13.1. The molecule has 0 bridgehead atoms. The van der Waals surface area contributed by atoms with Gasteiger partial charge in [-0.2, -0.15) is 0 Å². The van der Waals surface area contributed by atoms with E-state index in [0.717, 1.165) is 53.4 Å². The van der Waals surface area contributed by atoms with Gasteiger partial charge >= 0.3 is 0 Å². The van der Waals surface area contributed by atoms with E-state index in [2.05, 4.69) is 74.7 Å². The van der Waals surface area contributed by atoms with Crippen molar-refractivity contribution in [3.8, 4) is 0 Å². The summed E-state index contributed by atoms with van der Waals surface area (Å²) in [6.45, 7) is 10.7. The van der Waals surface area contributed by atoms with E-state index in [0.29, 0.717) is 31.4 Å². The van der Waals surface area contributed by atoms with Crippen LogP contribution in [-0.4, -0.2) is 33.3 Å². The highest BCUT2D eigenvalue weighted by Gasteiger charge is 2.26. The third kappa shape index (κ3) is 5.65. The lowest BCUT2D eigenvalue weighted by molar-refractivity contribution is -0.0295. The third-order valence-electron chi connectivity index (χ3n) is 6.59. The molecule has 0 saturated carbocycles. The number of aromatic nitrogens is 3. The molecule has 0 saturated heterocycles. The first kappa shape index (κ1) is 25.1. The molecule has 4 aromatic rings. The Morgan fingerprint density at radius 2 is 1.83 bits per heavy atom. The summed E-state index contributed by atoms with van der Waals surface area (Å²) in [4.78, 5) is 9.83. The van der Waals surface area contributed by atoms with Crippen molar-refractivity contribution >= 4 is 27.8 Å². The van der Waals surface area contributed by atoms with Crippen LogP contribution in [-0.2, 0) is 17.7 Å². The largest absolute Gasteiger partial charge is 0.382 e. The summed E-state index contributed by atoms with van der Waals surface area (Å²) in [5.41, 5.74) is 17.0. The first-order chi connectivity index (χ1) is 16.8. The van der Waals surface area contributed by atoms with Crippen LogP contribution in [0.4, 0.5) is 5.82 Å². The lowest BCUT2D eigenvalue weighted by atomic mass is 10.0. The molecule has 0 aliphatic rings. The summed E-state index contributed by atoms with van der Waals surface area (Å²) in [6, 6.07) is 17.0. The monoisotopic (exact) mass is 473 g/mol. The van der Waals surface area contributed by atoms with Crippen molar-refractivity contribution in [3.63, 3.8) is 0 Å². The number of imidazole rings is 1. The van der Waals surface area contributed by atoms with Crippen LogP contribution < -0.4 is 11.5 Å². The minimum absolute atomic E-state index is 0.305. The second-order valence-corrected chi connectivity index (χ2v) is 10.2. The Hall–Kier alpha value is -2.96. The van der Waals surface area contributed by atoms with Crippen molar-refractivity contribution in [3.05, 3.63) is 65.5 Å². The minimum Gasteiger partial charge on any atom is -0.382 e. The zero-order valence-electron chi connectivity index (χ0n) is 21.6. The zero-order chi connectivity index (χ0) is 25.0. The molecule has 0 spiro atoms. The molecular weight excluding hydrogens is 434 g/mol. The van der Waals surface area contributed by atoms with E-state index in [-0.39, 0.29) is 5.60 Å². The lowest BCUT2D eigenvalue weighted by Crippen LogP contribution is -2.32. The summed E-state index contributed by atoms with van der Waals surface area (Å²) >= 11 is 0. The maximum absolute atomic E-state index is 6.51. The molecule has 35 heavy (non-hydrogen) atoms. The van der Waals surface area contributed by atoms with E-state index in [1.54, 1.807) is 0 Å². The average Bonchev–Trinajstić information content (AvgIpc) is 3.19. The molecule has 186 valence electrons. The second kappa shape index (κ2) is 10.8. The van der Waals surface area contributed by atoms with Crippen LogP contribution in [0.5, 0.6) is 0 Å². The molecule has 4 rings (SSSR count). The number of fused-ring (bicyclic) bond motifs is 3. The average molecular weight is 474 g/mol. The van der Waals surface area contributed by atoms with E-state index >= 15 is 0 Å². The smallest absolute Gasteiger partial charge is 0.152 e. The van der Waals surface area contributed by atoms with Crippen molar-refractivity contribution < 1.29 is 4.74 Å². The number of hydrogen-bond donors (Lipinski definition) is 2.